The number of hydrogen-bond donors (Lipinski definition) is 2. The summed E-state index contributed by atoms with van der Waals surface area (Å²) in [7, 11) is 0. The standard InChI is InChI=1S/C39H54ClN3O4/c1-4-8-30(31-16-21-47-22-17-31)10-7-12-37(44)33(25-29-23-27(2)38(45)35(40)26-29)24-28(3)42-18-14-34(15-19-42)43-20-13-32-9-5-6-11-36(32)41-39(43)46/h5-6,9,11,23,26,30-31,33-34,45H,3-4,7-8,10,12-22,24-25H2,1-2H3,(H,41,46)/t30?,33-/m1/s1. The number of likely N-dealkylation sites (tertiary alicyclic amines) is 1. The largest absolute Gasteiger partial charge is 0.506 e. The Morgan fingerprint density at radius 1 is 1.11 bits per heavy atom. The van der Waals surface area contributed by atoms with Crippen LogP contribution in [0.25, 0.3) is 0 Å². The highest BCUT2D eigenvalue weighted by molar-refractivity contribution is 6.32. The third kappa shape index (κ3) is 9.32. The van der Waals surface area contributed by atoms with Gasteiger partial charge < -0.3 is 25.0 Å². The van der Waals surface area contributed by atoms with Gasteiger partial charge in [-0.1, -0.05) is 62.2 Å². The van der Waals surface area contributed by atoms with Gasteiger partial charge in [0.2, 0.25) is 0 Å². The van der Waals surface area contributed by atoms with E-state index in [4.69, 9.17) is 16.3 Å². The summed E-state index contributed by atoms with van der Waals surface area (Å²) in [4.78, 5) is 31.4. The second-order valence-electron chi connectivity index (χ2n) is 14.0. The molecule has 0 bridgehead atoms. The summed E-state index contributed by atoms with van der Waals surface area (Å²) in [5, 5.41) is 13.7. The van der Waals surface area contributed by atoms with E-state index in [2.05, 4.69) is 29.8 Å². The van der Waals surface area contributed by atoms with Crippen molar-refractivity contribution in [2.45, 2.75) is 96.9 Å². The van der Waals surface area contributed by atoms with Crippen molar-refractivity contribution in [2.24, 2.45) is 17.8 Å². The number of nitrogens with one attached hydrogen (secondary N) is 1. The predicted octanol–water partition coefficient (Wildman–Crippen LogP) is 8.55. The molecule has 8 heteroatoms. The fourth-order valence-corrected chi connectivity index (χ4v) is 8.36. The molecule has 0 aromatic heterocycles. The van der Waals surface area contributed by atoms with Crippen molar-refractivity contribution >= 4 is 29.1 Å². The van der Waals surface area contributed by atoms with Crippen LogP contribution >= 0.6 is 11.6 Å². The lowest BCUT2D eigenvalue weighted by atomic mass is 9.79. The number of allylic oxidation sites excluding steroid dienone is 1. The Labute approximate surface area is 286 Å². The molecule has 2 amide bonds. The van der Waals surface area contributed by atoms with Crippen molar-refractivity contribution < 1.29 is 19.4 Å². The topological polar surface area (TPSA) is 82.1 Å². The number of benzene rings is 2. The van der Waals surface area contributed by atoms with Gasteiger partial charge in [-0.3, -0.25) is 4.79 Å². The lowest BCUT2D eigenvalue weighted by Crippen LogP contribution is -2.48. The van der Waals surface area contributed by atoms with Crippen molar-refractivity contribution in [3.05, 3.63) is 70.4 Å². The Kier molecular flexibility index (Phi) is 12.7. The van der Waals surface area contributed by atoms with Crippen LogP contribution in [0.1, 0.15) is 87.8 Å². The van der Waals surface area contributed by atoms with Crippen LogP contribution in [0, 0.1) is 24.7 Å². The maximum atomic E-state index is 13.9. The van der Waals surface area contributed by atoms with E-state index in [0.29, 0.717) is 42.7 Å². The van der Waals surface area contributed by atoms with Crippen LogP contribution in [0.5, 0.6) is 5.75 Å². The van der Waals surface area contributed by atoms with Crippen LogP contribution in [0.3, 0.4) is 0 Å². The number of carbonyl (C=O) groups excluding carboxylic acids is 2. The average molecular weight is 664 g/mol. The highest BCUT2D eigenvalue weighted by Crippen LogP contribution is 2.34. The average Bonchev–Trinajstić information content (AvgIpc) is 3.24. The number of amides is 2. The van der Waals surface area contributed by atoms with E-state index >= 15 is 0 Å². The zero-order valence-corrected chi connectivity index (χ0v) is 29.2. The van der Waals surface area contributed by atoms with E-state index in [0.717, 1.165) is 93.8 Å². The van der Waals surface area contributed by atoms with Crippen LogP contribution in [0.15, 0.2) is 48.7 Å². The monoisotopic (exact) mass is 663 g/mol. The van der Waals surface area contributed by atoms with E-state index < -0.39 is 0 Å². The predicted molar refractivity (Wildman–Crippen MR) is 190 cm³/mol. The molecule has 5 rings (SSSR count). The molecule has 2 saturated heterocycles. The van der Waals surface area contributed by atoms with Gasteiger partial charge in [0.15, 0.2) is 0 Å². The number of phenols is 1. The van der Waals surface area contributed by atoms with Gasteiger partial charge in [0.25, 0.3) is 0 Å². The number of fused-ring (bicyclic) bond motifs is 1. The Hall–Kier alpha value is -3.03. The molecule has 2 aromatic rings. The van der Waals surface area contributed by atoms with Crippen LogP contribution in [-0.4, -0.2) is 65.6 Å². The number of nitrogens with zero attached hydrogens (tertiary/aromatic N) is 2. The Balaban J connectivity index is 1.19. The summed E-state index contributed by atoms with van der Waals surface area (Å²) in [6, 6.07) is 12.0. The first kappa shape index (κ1) is 35.3. The smallest absolute Gasteiger partial charge is 0.322 e. The molecule has 2 fully saturated rings. The number of aromatic hydroxyl groups is 1. The molecule has 0 aliphatic carbocycles. The van der Waals surface area contributed by atoms with Crippen LogP contribution in [-0.2, 0) is 22.4 Å². The van der Waals surface area contributed by atoms with Gasteiger partial charge in [-0.25, -0.2) is 4.79 Å². The molecule has 1 unspecified atom stereocenters. The minimum Gasteiger partial charge on any atom is -0.506 e. The zero-order valence-electron chi connectivity index (χ0n) is 28.4. The lowest BCUT2D eigenvalue weighted by molar-refractivity contribution is -0.123. The lowest BCUT2D eigenvalue weighted by Gasteiger charge is -2.40. The number of phenolic OH excluding ortho intramolecular Hbond substituents is 1. The fourth-order valence-electron chi connectivity index (χ4n) is 8.07. The van der Waals surface area contributed by atoms with Gasteiger partial charge in [0, 0.05) is 62.6 Å². The number of para-hydroxylation sites is 1. The van der Waals surface area contributed by atoms with Crippen molar-refractivity contribution in [3.8, 4) is 5.75 Å². The summed E-state index contributed by atoms with van der Waals surface area (Å²) in [6.07, 6.45) is 11.0. The van der Waals surface area contributed by atoms with Gasteiger partial charge in [-0.05, 0) is 105 Å². The van der Waals surface area contributed by atoms with Gasteiger partial charge >= 0.3 is 6.03 Å². The second-order valence-corrected chi connectivity index (χ2v) is 14.4. The molecule has 47 heavy (non-hydrogen) atoms. The van der Waals surface area contributed by atoms with Crippen molar-refractivity contribution in [2.75, 3.05) is 38.2 Å². The van der Waals surface area contributed by atoms with E-state index in [9.17, 15) is 14.7 Å². The summed E-state index contributed by atoms with van der Waals surface area (Å²) in [5.41, 5.74) is 4.77. The molecule has 3 heterocycles. The maximum absolute atomic E-state index is 13.9. The molecular formula is C39H54ClN3O4. The second kappa shape index (κ2) is 16.9. The van der Waals surface area contributed by atoms with Gasteiger partial charge in [-0.2, -0.15) is 0 Å². The van der Waals surface area contributed by atoms with E-state index in [1.807, 2.05) is 36.1 Å². The Morgan fingerprint density at radius 3 is 2.57 bits per heavy atom. The summed E-state index contributed by atoms with van der Waals surface area (Å²) in [5.74, 6) is 1.54. The normalized spacial score (nSPS) is 19.1. The van der Waals surface area contributed by atoms with Crippen LogP contribution in [0.4, 0.5) is 10.5 Å². The minimum absolute atomic E-state index is 0.0151. The van der Waals surface area contributed by atoms with Gasteiger partial charge in [-0.15, -0.1) is 0 Å². The number of rotatable bonds is 14. The Bertz CT molecular complexity index is 1360. The molecule has 0 saturated carbocycles. The quantitative estimate of drug-likeness (QED) is 0.212. The number of piperidine rings is 1. The van der Waals surface area contributed by atoms with E-state index in [-0.39, 0.29) is 29.5 Å². The number of halogens is 1. The maximum Gasteiger partial charge on any atom is 0.322 e. The SMILES string of the molecule is C=C(C[C@H](Cc1cc(C)c(O)c(Cl)c1)C(=O)CCCC(CCC)C1CCOCC1)N1CCC(N2CCc3ccccc3NC2=O)CC1. The minimum atomic E-state index is -0.206. The molecule has 0 radical (unpaired) electrons. The molecule has 256 valence electrons. The number of hydrogen-bond acceptors (Lipinski definition) is 5. The number of Topliss-reactive ketones (excluding diaryl/α,β-unsaturated/α-hetero) is 1. The number of anilines is 1. The molecule has 2 N–H and O–H groups in total. The van der Waals surface area contributed by atoms with E-state index in [1.54, 1.807) is 6.07 Å². The number of urea groups is 1. The molecule has 7 nitrogen and oxygen atoms in total. The summed E-state index contributed by atoms with van der Waals surface area (Å²) < 4.78 is 5.62. The number of ketones is 1. The first-order chi connectivity index (χ1) is 22.7. The summed E-state index contributed by atoms with van der Waals surface area (Å²) >= 11 is 6.35. The molecule has 2 atom stereocenters. The number of ether oxygens (including phenoxy) is 1. The first-order valence-corrected chi connectivity index (χ1v) is 18.3. The zero-order chi connectivity index (χ0) is 33.3. The third-order valence-electron chi connectivity index (χ3n) is 10.8. The highest BCUT2D eigenvalue weighted by Gasteiger charge is 2.32. The van der Waals surface area contributed by atoms with Crippen molar-refractivity contribution in [1.82, 2.24) is 9.80 Å². The third-order valence-corrected chi connectivity index (χ3v) is 11.1. The first-order valence-electron chi connectivity index (χ1n) is 17.9. The fraction of sp³-hybridized carbons (Fsp3) is 0.590. The summed E-state index contributed by atoms with van der Waals surface area (Å²) in [6.45, 7) is 12.7. The van der Waals surface area contributed by atoms with Gasteiger partial charge in [0.1, 0.15) is 11.5 Å². The van der Waals surface area contributed by atoms with Crippen molar-refractivity contribution in [3.63, 3.8) is 0 Å². The number of carbonyl (C=O) groups is 2. The van der Waals surface area contributed by atoms with Crippen molar-refractivity contribution in [1.29, 1.82) is 0 Å². The molecule has 3 aliphatic rings. The van der Waals surface area contributed by atoms with Crippen LogP contribution < -0.4 is 5.32 Å². The number of aryl methyl sites for hydroxylation is 1. The Morgan fingerprint density at radius 2 is 1.85 bits per heavy atom. The molecule has 3 aliphatic heterocycles. The highest BCUT2D eigenvalue weighted by atomic mass is 35.5. The molecule has 2 aromatic carbocycles. The molecular weight excluding hydrogens is 610 g/mol. The van der Waals surface area contributed by atoms with Gasteiger partial charge in [0.05, 0.1) is 5.02 Å². The van der Waals surface area contributed by atoms with E-state index in [1.165, 1.54) is 18.4 Å². The van der Waals surface area contributed by atoms with Crippen LogP contribution in [0.2, 0.25) is 5.02 Å². The molecule has 0 spiro atoms.